The lowest BCUT2D eigenvalue weighted by atomic mass is 9.67. The molecule has 2 aliphatic rings. The van der Waals surface area contributed by atoms with E-state index in [1.807, 2.05) is 0 Å². The van der Waals surface area contributed by atoms with E-state index in [9.17, 15) is 0 Å². The number of anilines is 2. The molecule has 1 nitrogen and oxygen atoms in total. The van der Waals surface area contributed by atoms with Gasteiger partial charge in [-0.3, -0.25) is 0 Å². The molecule has 196 valence electrons. The zero-order valence-electron chi connectivity index (χ0n) is 23.4. The maximum Gasteiger partial charge on any atom is 0.0714 e. The highest BCUT2D eigenvalue weighted by Gasteiger charge is 2.45. The van der Waals surface area contributed by atoms with Crippen molar-refractivity contribution in [2.45, 2.75) is 24.7 Å². The van der Waals surface area contributed by atoms with Crippen LogP contribution in [0.3, 0.4) is 0 Å². The molecule has 1 heteroatoms. The third-order valence-corrected chi connectivity index (χ3v) is 9.33. The number of fused-ring (bicyclic) bond motifs is 6. The largest absolute Gasteiger partial charge is 0.356 e. The van der Waals surface area contributed by atoms with Crippen LogP contribution in [0, 0.1) is 0 Å². The van der Waals surface area contributed by atoms with Gasteiger partial charge in [-0.15, -0.1) is 0 Å². The molecule has 1 N–H and O–H groups in total. The molecule has 0 radical (unpaired) electrons. The van der Waals surface area contributed by atoms with E-state index in [1.165, 1.54) is 55.6 Å². The fourth-order valence-electron chi connectivity index (χ4n) is 7.49. The van der Waals surface area contributed by atoms with Gasteiger partial charge in [-0.2, -0.15) is 0 Å². The van der Waals surface area contributed by atoms with E-state index in [0.717, 1.165) is 11.4 Å². The van der Waals surface area contributed by atoms with Crippen LogP contribution in [0.2, 0.25) is 0 Å². The van der Waals surface area contributed by atoms with Crippen LogP contribution in [-0.2, 0) is 10.8 Å². The molecule has 0 bridgehead atoms. The Labute approximate surface area is 242 Å². The zero-order chi connectivity index (χ0) is 27.6. The smallest absolute Gasteiger partial charge is 0.0714 e. The molecule has 0 unspecified atom stereocenters. The SMILES string of the molecule is CC1(C)c2ccccc2-c2ccc(Nc3cccc(C4(c5ccccc5)c5ccccc5-c5ccccc54)c3)cc21. The Hall–Kier alpha value is -4.88. The summed E-state index contributed by atoms with van der Waals surface area (Å²) >= 11 is 0. The summed E-state index contributed by atoms with van der Waals surface area (Å²) in [5.74, 6) is 0. The molecule has 2 aliphatic carbocycles. The van der Waals surface area contributed by atoms with Gasteiger partial charge in [0.2, 0.25) is 0 Å². The monoisotopic (exact) mass is 525 g/mol. The van der Waals surface area contributed by atoms with Crippen LogP contribution in [-0.4, -0.2) is 0 Å². The number of rotatable bonds is 4. The number of hydrogen-bond acceptors (Lipinski definition) is 1. The predicted octanol–water partition coefficient (Wildman–Crippen LogP) is 10.1. The molecule has 0 spiro atoms. The van der Waals surface area contributed by atoms with E-state index in [1.54, 1.807) is 0 Å². The summed E-state index contributed by atoms with van der Waals surface area (Å²) in [5.41, 5.74) is 15.1. The fraction of sp³-hybridized carbons (Fsp3) is 0.100. The Morgan fingerprint density at radius 1 is 0.390 bits per heavy atom. The minimum absolute atomic E-state index is 0.0277. The van der Waals surface area contributed by atoms with Crippen LogP contribution < -0.4 is 5.32 Å². The average Bonchev–Trinajstić information content (AvgIpc) is 3.45. The van der Waals surface area contributed by atoms with Crippen molar-refractivity contribution in [2.24, 2.45) is 0 Å². The van der Waals surface area contributed by atoms with Crippen LogP contribution in [0.5, 0.6) is 0 Å². The zero-order valence-corrected chi connectivity index (χ0v) is 23.4. The van der Waals surface area contributed by atoms with Gasteiger partial charge in [0.15, 0.2) is 0 Å². The Bertz CT molecular complexity index is 1900. The Kier molecular flexibility index (Phi) is 5.15. The van der Waals surface area contributed by atoms with Crippen molar-refractivity contribution in [3.63, 3.8) is 0 Å². The van der Waals surface area contributed by atoms with Crippen molar-refractivity contribution in [3.05, 3.63) is 179 Å². The first kappa shape index (κ1) is 24.0. The highest BCUT2D eigenvalue weighted by Crippen LogP contribution is 2.56. The molecule has 0 aliphatic heterocycles. The first-order valence-electron chi connectivity index (χ1n) is 14.5. The lowest BCUT2D eigenvalue weighted by Gasteiger charge is -2.34. The van der Waals surface area contributed by atoms with E-state index in [-0.39, 0.29) is 5.41 Å². The van der Waals surface area contributed by atoms with Gasteiger partial charge in [0.25, 0.3) is 0 Å². The predicted molar refractivity (Wildman–Crippen MR) is 171 cm³/mol. The Morgan fingerprint density at radius 2 is 0.902 bits per heavy atom. The maximum absolute atomic E-state index is 3.78. The molecule has 0 saturated heterocycles. The summed E-state index contributed by atoms with van der Waals surface area (Å²) in [6.07, 6.45) is 0. The molecule has 6 aromatic carbocycles. The maximum atomic E-state index is 3.78. The molecule has 8 rings (SSSR count). The highest BCUT2D eigenvalue weighted by atomic mass is 14.9. The number of hydrogen-bond donors (Lipinski definition) is 1. The summed E-state index contributed by atoms with van der Waals surface area (Å²) in [6, 6.07) is 53.5. The molecule has 0 amide bonds. The summed E-state index contributed by atoms with van der Waals surface area (Å²) < 4.78 is 0. The van der Waals surface area contributed by atoms with Crippen LogP contribution in [0.25, 0.3) is 22.3 Å². The first-order chi connectivity index (χ1) is 20.1. The van der Waals surface area contributed by atoms with E-state index in [4.69, 9.17) is 0 Å². The third kappa shape index (κ3) is 3.36. The first-order valence-corrected chi connectivity index (χ1v) is 14.5. The van der Waals surface area contributed by atoms with E-state index in [2.05, 4.69) is 165 Å². The van der Waals surface area contributed by atoms with Crippen molar-refractivity contribution in [1.29, 1.82) is 0 Å². The normalized spacial score (nSPS) is 15.0. The van der Waals surface area contributed by atoms with Crippen molar-refractivity contribution < 1.29 is 0 Å². The van der Waals surface area contributed by atoms with Gasteiger partial charge in [0.05, 0.1) is 5.41 Å². The minimum Gasteiger partial charge on any atom is -0.356 e. The highest BCUT2D eigenvalue weighted by molar-refractivity contribution is 5.87. The van der Waals surface area contributed by atoms with Crippen LogP contribution in [0.4, 0.5) is 11.4 Å². The summed E-state index contributed by atoms with van der Waals surface area (Å²) in [6.45, 7) is 4.67. The second-order valence-electron chi connectivity index (χ2n) is 11.8. The van der Waals surface area contributed by atoms with Crippen molar-refractivity contribution in [3.8, 4) is 22.3 Å². The standard InChI is InChI=1S/C40H31N/c1-39(2)35-20-9-6-17-31(35)34-24-23-30(26-38(34)39)41-29-16-12-15-28(25-29)40(27-13-4-3-5-14-27)36-21-10-7-18-32(36)33-19-8-11-22-37(33)40/h3-26,41H,1-2H3. The van der Waals surface area contributed by atoms with Gasteiger partial charge in [-0.25, -0.2) is 0 Å². The quantitative estimate of drug-likeness (QED) is 0.241. The second-order valence-corrected chi connectivity index (χ2v) is 11.8. The molecule has 0 heterocycles. The van der Waals surface area contributed by atoms with Crippen LogP contribution >= 0.6 is 0 Å². The van der Waals surface area contributed by atoms with Crippen LogP contribution in [0.1, 0.15) is 47.2 Å². The minimum atomic E-state index is -0.395. The lowest BCUT2D eigenvalue weighted by molar-refractivity contribution is 0.660. The molecule has 0 saturated carbocycles. The van der Waals surface area contributed by atoms with E-state index < -0.39 is 5.41 Å². The molecule has 0 aromatic heterocycles. The van der Waals surface area contributed by atoms with Gasteiger partial charge >= 0.3 is 0 Å². The van der Waals surface area contributed by atoms with Crippen molar-refractivity contribution >= 4 is 11.4 Å². The van der Waals surface area contributed by atoms with E-state index in [0.29, 0.717) is 0 Å². The molecular formula is C40H31N. The molecule has 41 heavy (non-hydrogen) atoms. The summed E-state index contributed by atoms with van der Waals surface area (Å²) in [4.78, 5) is 0. The number of nitrogens with one attached hydrogen (secondary N) is 1. The van der Waals surface area contributed by atoms with Crippen LogP contribution in [0.15, 0.2) is 146 Å². The van der Waals surface area contributed by atoms with E-state index >= 15 is 0 Å². The number of benzene rings is 6. The summed E-state index contributed by atoms with van der Waals surface area (Å²) in [7, 11) is 0. The van der Waals surface area contributed by atoms with Crippen molar-refractivity contribution in [2.75, 3.05) is 5.32 Å². The second kappa shape index (κ2) is 8.81. The fourth-order valence-corrected chi connectivity index (χ4v) is 7.49. The van der Waals surface area contributed by atoms with Crippen molar-refractivity contribution in [1.82, 2.24) is 0 Å². The van der Waals surface area contributed by atoms with Gasteiger partial charge in [0, 0.05) is 16.8 Å². The summed E-state index contributed by atoms with van der Waals surface area (Å²) in [5, 5.41) is 3.78. The Balaban J connectivity index is 1.27. The molecule has 0 atom stereocenters. The lowest BCUT2D eigenvalue weighted by Crippen LogP contribution is -2.28. The molecular weight excluding hydrogens is 494 g/mol. The topological polar surface area (TPSA) is 12.0 Å². The Morgan fingerprint density at radius 3 is 1.59 bits per heavy atom. The average molecular weight is 526 g/mol. The third-order valence-electron chi connectivity index (χ3n) is 9.33. The molecule has 0 fully saturated rings. The van der Waals surface area contributed by atoms with Gasteiger partial charge in [-0.05, 0) is 79.9 Å². The van der Waals surface area contributed by atoms with Gasteiger partial charge in [0.1, 0.15) is 0 Å². The van der Waals surface area contributed by atoms with Gasteiger partial charge < -0.3 is 5.32 Å². The molecule has 6 aromatic rings. The van der Waals surface area contributed by atoms with Gasteiger partial charge in [-0.1, -0.05) is 135 Å².